The van der Waals surface area contributed by atoms with Gasteiger partial charge in [-0.15, -0.1) is 57.7 Å². The maximum atomic E-state index is 11.9. The minimum Gasteiger partial charge on any atom is -0.379 e. The van der Waals surface area contributed by atoms with Crippen molar-refractivity contribution in [3.05, 3.63) is 52.6 Å². The predicted octanol–water partition coefficient (Wildman–Crippen LogP) is 17.0. The molecule has 8 aliphatic rings. The lowest BCUT2D eigenvalue weighted by Gasteiger charge is -2.21. The Morgan fingerprint density at radius 3 is 1.36 bits per heavy atom. The predicted molar refractivity (Wildman–Crippen MR) is 277 cm³/mol. The number of rotatable bonds is 0. The molecule has 0 amide bonds. The molecule has 5 atom stereocenters. The van der Waals surface area contributed by atoms with Crippen molar-refractivity contribution >= 4 is 68.6 Å². The fourth-order valence-corrected chi connectivity index (χ4v) is 7.12. The maximum Gasteiger partial charge on any atom is 0.254 e. The molecule has 2 aromatic heterocycles. The molecule has 0 N–H and O–H groups in total. The Labute approximate surface area is 421 Å². The number of nitrogens with zero attached hydrogens (tertiary/aromatic N) is 3. The Kier molecular flexibility index (Phi) is 24.2. The van der Waals surface area contributed by atoms with Crippen molar-refractivity contribution in [2.24, 2.45) is 47.0 Å². The molecule has 5 unspecified atom stereocenters. The van der Waals surface area contributed by atoms with Gasteiger partial charge in [0.25, 0.3) is 11.8 Å². The number of benzene rings is 1. The molecule has 6 aliphatic carbocycles. The van der Waals surface area contributed by atoms with Crippen molar-refractivity contribution in [3.63, 3.8) is 0 Å². The summed E-state index contributed by atoms with van der Waals surface area (Å²) in [7, 11) is 4.21. The SMILES string of the molecule is CC1(C)CC1.CC1(C)CC1(Cl)Cl.CC1(C)CC1(F)F.CC1CC1(Cl)Cl.CC1CC1(F)F.CC1CC1C.CC1CCCO1.CN1CCOCC1.Cc1cc2ccccc2n1C.Cc1cncs1. The van der Waals surface area contributed by atoms with Gasteiger partial charge < -0.3 is 18.9 Å². The van der Waals surface area contributed by atoms with E-state index in [-0.39, 0.29) is 28.5 Å². The number of alkyl halides is 8. The summed E-state index contributed by atoms with van der Waals surface area (Å²) in [5.41, 5.74) is 4.69. The number of morpholine rings is 1. The van der Waals surface area contributed by atoms with Crippen LogP contribution in [0.15, 0.2) is 42.0 Å². The smallest absolute Gasteiger partial charge is 0.254 e. The van der Waals surface area contributed by atoms with Gasteiger partial charge in [-0.05, 0) is 113 Å². The number of ether oxygens (including phenoxy) is 2. The Balaban J connectivity index is 0.000000254. The Bertz CT molecular complexity index is 1740. The summed E-state index contributed by atoms with van der Waals surface area (Å²) in [6.45, 7) is 31.4. The van der Waals surface area contributed by atoms with E-state index in [0.29, 0.717) is 12.0 Å². The van der Waals surface area contributed by atoms with Crippen LogP contribution in [-0.4, -0.2) is 81.0 Å². The van der Waals surface area contributed by atoms with E-state index in [1.807, 2.05) is 25.6 Å². The monoisotopic (exact) mass is 1030 g/mol. The second kappa shape index (κ2) is 26.0. The third kappa shape index (κ3) is 24.8. The number of halogens is 8. The summed E-state index contributed by atoms with van der Waals surface area (Å²) in [5.74, 6) is -2.35. The molecular weight excluding hydrogens is 948 g/mol. The second-order valence-corrected chi connectivity index (χ2v) is 26.0. The first-order valence-electron chi connectivity index (χ1n) is 23.9. The number of hydrogen-bond acceptors (Lipinski definition) is 5. The van der Waals surface area contributed by atoms with Crippen LogP contribution in [0.4, 0.5) is 17.6 Å². The lowest BCUT2D eigenvalue weighted by atomic mass is 10.2. The summed E-state index contributed by atoms with van der Waals surface area (Å²) in [4.78, 5) is 7.38. The zero-order chi connectivity index (χ0) is 50.5. The average molecular weight is 1030 g/mol. The number of likely N-dealkylation sites (N-methyl/N-ethyl adjacent to an activating group) is 1. The van der Waals surface area contributed by atoms with E-state index in [1.54, 1.807) is 32.1 Å². The number of aromatic nitrogens is 2. The van der Waals surface area contributed by atoms with Crippen molar-refractivity contribution < 1.29 is 27.0 Å². The number of thiazole rings is 1. The molecule has 3 aromatic rings. The van der Waals surface area contributed by atoms with Crippen LogP contribution in [0.5, 0.6) is 0 Å². The van der Waals surface area contributed by atoms with E-state index in [9.17, 15) is 17.6 Å². The van der Waals surface area contributed by atoms with E-state index < -0.39 is 21.6 Å². The zero-order valence-corrected chi connectivity index (χ0v) is 46.8. The van der Waals surface area contributed by atoms with Crippen LogP contribution in [0.1, 0.15) is 145 Å². The maximum absolute atomic E-state index is 11.9. The van der Waals surface area contributed by atoms with Gasteiger partial charge in [0.2, 0.25) is 0 Å². The average Bonchev–Trinajstić information content (AvgIpc) is 4.18. The molecule has 0 radical (unpaired) electrons. The molecule has 14 heteroatoms. The summed E-state index contributed by atoms with van der Waals surface area (Å²) in [6, 6.07) is 10.6. The highest BCUT2D eigenvalue weighted by Gasteiger charge is 2.64. The number of aryl methyl sites for hydroxylation is 3. The lowest BCUT2D eigenvalue weighted by Crippen LogP contribution is -2.32. The molecular formula is C52H85Cl4F4N3O2S. The van der Waals surface area contributed by atoms with Crippen molar-refractivity contribution in [1.82, 2.24) is 14.5 Å². The van der Waals surface area contributed by atoms with Crippen LogP contribution in [0, 0.1) is 53.8 Å². The van der Waals surface area contributed by atoms with Crippen LogP contribution in [0.3, 0.4) is 0 Å². The van der Waals surface area contributed by atoms with Crippen LogP contribution in [0.25, 0.3) is 10.9 Å². The van der Waals surface area contributed by atoms with Gasteiger partial charge in [0.15, 0.2) is 0 Å². The minimum atomic E-state index is -2.35. The molecule has 66 heavy (non-hydrogen) atoms. The number of hydrogen-bond donors (Lipinski definition) is 0. The molecule has 6 saturated carbocycles. The van der Waals surface area contributed by atoms with Gasteiger partial charge in [-0.2, -0.15) is 0 Å². The molecule has 8 fully saturated rings. The lowest BCUT2D eigenvalue weighted by molar-refractivity contribution is 0.0503. The van der Waals surface area contributed by atoms with Gasteiger partial charge in [-0.3, -0.25) is 4.98 Å². The molecule has 1 aromatic carbocycles. The quantitative estimate of drug-likeness (QED) is 0.166. The van der Waals surface area contributed by atoms with Gasteiger partial charge in [0, 0.05) is 78.6 Å². The first-order valence-corrected chi connectivity index (χ1v) is 26.3. The standard InChI is InChI=1S/C10H11N.C5H8Cl2.C5H8F2.C5H11NO.C5H10O.2C5H10.C4H6Cl2.C4H6F2.C4H5NS/c1-8-7-9-5-3-4-6-10(9)11(8)2;2*1-4(2)3-5(4,6)7;1-6-2-4-7-5-3-6;1-5-3-2-4-6-5;1-5(2)3-4-5;1-4-3-5(4)2;2*1-3-2-4(3,5)6;1-4-2-5-3-6-4/h3-7H,1-2H3;2*3H2,1-2H3;2-5H2,1H3;5H,2-4H2,1H3;3-4H2,1-2H3;4-5H,3H2,1-2H3;2*3H,2H2,1H3;2-3H,1H3. The highest BCUT2D eigenvalue weighted by atomic mass is 35.5. The number of para-hydroxylation sites is 1. The van der Waals surface area contributed by atoms with Crippen LogP contribution < -0.4 is 0 Å². The first-order chi connectivity index (χ1) is 30.2. The van der Waals surface area contributed by atoms with Gasteiger partial charge in [0.05, 0.1) is 24.8 Å². The molecule has 11 rings (SSSR count). The molecule has 2 aliphatic heterocycles. The summed E-state index contributed by atoms with van der Waals surface area (Å²) < 4.78 is 58.6. The summed E-state index contributed by atoms with van der Waals surface area (Å²) in [5, 5.41) is 1.33. The largest absolute Gasteiger partial charge is 0.379 e. The zero-order valence-electron chi connectivity index (χ0n) is 42.9. The van der Waals surface area contributed by atoms with Crippen molar-refractivity contribution in [3.8, 4) is 0 Å². The van der Waals surface area contributed by atoms with Crippen LogP contribution in [-0.2, 0) is 16.5 Å². The molecule has 382 valence electrons. The molecule has 0 spiro atoms. The van der Waals surface area contributed by atoms with Crippen molar-refractivity contribution in [2.45, 2.75) is 174 Å². The van der Waals surface area contributed by atoms with Gasteiger partial charge in [0.1, 0.15) is 8.67 Å². The Morgan fingerprint density at radius 1 is 0.758 bits per heavy atom. The van der Waals surface area contributed by atoms with Crippen molar-refractivity contribution in [2.75, 3.05) is 40.0 Å². The van der Waals surface area contributed by atoms with Crippen molar-refractivity contribution in [1.29, 1.82) is 0 Å². The van der Waals surface area contributed by atoms with E-state index >= 15 is 0 Å². The fourth-order valence-electron chi connectivity index (χ4n) is 5.58. The third-order valence-corrected chi connectivity index (χ3v) is 16.3. The first kappa shape index (κ1) is 61.3. The molecule has 0 bridgehead atoms. The van der Waals surface area contributed by atoms with E-state index in [4.69, 9.17) is 55.9 Å². The topological polar surface area (TPSA) is 39.5 Å². The normalized spacial score (nSPS) is 28.5. The second-order valence-electron chi connectivity index (χ2n) is 21.9. The highest BCUT2D eigenvalue weighted by Crippen LogP contribution is 2.63. The fraction of sp³-hybridized carbons (Fsp3) is 0.788. The number of fused-ring (bicyclic) bond motifs is 1. The van der Waals surface area contributed by atoms with E-state index in [0.717, 1.165) is 63.0 Å². The molecule has 5 nitrogen and oxygen atoms in total. The summed E-state index contributed by atoms with van der Waals surface area (Å²) >= 11 is 24.2. The minimum absolute atomic E-state index is 0.0694. The third-order valence-electron chi connectivity index (χ3n) is 13.2. The van der Waals surface area contributed by atoms with Gasteiger partial charge >= 0.3 is 0 Å². The highest BCUT2D eigenvalue weighted by molar-refractivity contribution is 7.09. The van der Waals surface area contributed by atoms with E-state index in [2.05, 4.69) is 114 Å². The Morgan fingerprint density at radius 2 is 1.18 bits per heavy atom. The summed E-state index contributed by atoms with van der Waals surface area (Å²) in [6.07, 6.45) is 11.4. The van der Waals surface area contributed by atoms with Crippen LogP contribution >= 0.6 is 57.7 Å². The van der Waals surface area contributed by atoms with E-state index in [1.165, 1.54) is 53.6 Å². The van der Waals surface area contributed by atoms with Crippen LogP contribution in [0.2, 0.25) is 0 Å². The van der Waals surface area contributed by atoms with Gasteiger partial charge in [-0.25, -0.2) is 17.6 Å². The van der Waals surface area contributed by atoms with Gasteiger partial charge in [-0.1, -0.05) is 87.4 Å². The molecule has 2 saturated heterocycles. The Hall–Kier alpha value is -0.850. The molecule has 4 heterocycles.